The molecule has 0 radical (unpaired) electrons. The maximum absolute atomic E-state index is 10.7. The number of aromatic hydroxyl groups is 2. The van der Waals surface area contributed by atoms with E-state index in [0.717, 1.165) is 53.6 Å². The lowest BCUT2D eigenvalue weighted by atomic mass is 9.80. The van der Waals surface area contributed by atoms with E-state index in [1.807, 2.05) is 83.1 Å². The normalized spacial score (nSPS) is 11.0. The molecule has 0 aromatic heterocycles. The van der Waals surface area contributed by atoms with Crippen molar-refractivity contribution in [3.8, 4) is 22.6 Å². The lowest BCUT2D eigenvalue weighted by molar-refractivity contribution is -0.385. The van der Waals surface area contributed by atoms with E-state index < -0.39 is 17.0 Å². The monoisotopic (exact) mass is 952 g/mol. The second kappa shape index (κ2) is 22.8. The van der Waals surface area contributed by atoms with E-state index in [-0.39, 0.29) is 36.1 Å². The van der Waals surface area contributed by atoms with Crippen LogP contribution in [0.25, 0.3) is 11.1 Å². The smallest absolute Gasteiger partial charge is 0.488 e. The van der Waals surface area contributed by atoms with Gasteiger partial charge in [0.05, 0.1) is 21.3 Å². The van der Waals surface area contributed by atoms with Gasteiger partial charge in [0.1, 0.15) is 24.7 Å². The molecule has 6 rings (SSSR count). The third kappa shape index (κ3) is 14.2. The van der Waals surface area contributed by atoms with Gasteiger partial charge in [0, 0.05) is 39.0 Å². The summed E-state index contributed by atoms with van der Waals surface area (Å²) in [5.74, 6) is 0.408. The molecular weight excluding hydrogens is 906 g/mol. The van der Waals surface area contributed by atoms with Crippen molar-refractivity contribution in [2.24, 2.45) is 10.3 Å². The molecule has 0 fully saturated rings. The molecule has 0 saturated heterocycles. The van der Waals surface area contributed by atoms with Crippen LogP contribution in [-0.4, -0.2) is 48.6 Å². The third-order valence-corrected chi connectivity index (χ3v) is 10.2. The summed E-state index contributed by atoms with van der Waals surface area (Å²) in [6, 6.07) is 34.6. The average molecular weight is 953 g/mol. The van der Waals surface area contributed by atoms with Gasteiger partial charge in [-0.15, -0.1) is 0 Å². The Morgan fingerprint density at radius 3 is 1.45 bits per heavy atom. The number of hydrogen-bond acceptors (Lipinski definition) is 12. The molecule has 62 heavy (non-hydrogen) atoms. The van der Waals surface area contributed by atoms with E-state index in [4.69, 9.17) is 19.7 Å². The zero-order chi connectivity index (χ0) is 45.5. The maximum Gasteiger partial charge on any atom is 0.488 e. The van der Waals surface area contributed by atoms with Crippen LogP contribution in [0.2, 0.25) is 0 Å². The molecule has 0 heterocycles. The van der Waals surface area contributed by atoms with E-state index in [9.17, 15) is 30.4 Å². The van der Waals surface area contributed by atoms with Crippen molar-refractivity contribution in [2.45, 2.75) is 54.8 Å². The minimum atomic E-state index is -1.35. The van der Waals surface area contributed by atoms with Crippen LogP contribution in [-0.2, 0) is 22.9 Å². The van der Waals surface area contributed by atoms with E-state index in [0.29, 0.717) is 16.9 Å². The fraction of sp³-hybridized carbons (Fsp3) is 0.174. The van der Waals surface area contributed by atoms with Crippen LogP contribution >= 0.6 is 22.6 Å². The molecule has 0 aliphatic carbocycles. The zero-order valence-corrected chi connectivity index (χ0v) is 37.1. The number of aryl methyl sites for hydroxylation is 4. The van der Waals surface area contributed by atoms with E-state index in [2.05, 4.69) is 32.9 Å². The van der Waals surface area contributed by atoms with Gasteiger partial charge < -0.3 is 29.9 Å². The second-order valence-electron chi connectivity index (χ2n) is 14.2. The Morgan fingerprint density at radius 2 is 1.02 bits per heavy atom. The number of nitrogens with zero attached hydrogens (tertiary/aromatic N) is 4. The lowest BCUT2D eigenvalue weighted by Crippen LogP contribution is -2.29. The molecule has 6 aromatic carbocycles. The number of oxime groups is 2. The van der Waals surface area contributed by atoms with Crippen LogP contribution < -0.4 is 5.46 Å². The van der Waals surface area contributed by atoms with Gasteiger partial charge in [-0.05, 0) is 152 Å². The van der Waals surface area contributed by atoms with Gasteiger partial charge in [-0.25, -0.2) is 0 Å². The van der Waals surface area contributed by atoms with Gasteiger partial charge in [-0.1, -0.05) is 70.0 Å². The van der Waals surface area contributed by atoms with Crippen molar-refractivity contribution >= 4 is 58.0 Å². The summed E-state index contributed by atoms with van der Waals surface area (Å²) in [5.41, 5.74) is 10.9. The minimum absolute atomic E-state index is 0.0336. The second-order valence-corrected chi connectivity index (χ2v) is 15.4. The number of benzene rings is 6. The fourth-order valence-corrected chi connectivity index (χ4v) is 6.59. The van der Waals surface area contributed by atoms with Gasteiger partial charge in [-0.2, -0.15) is 0 Å². The highest BCUT2D eigenvalue weighted by molar-refractivity contribution is 14.1. The molecule has 0 spiro atoms. The first kappa shape index (κ1) is 48.0. The van der Waals surface area contributed by atoms with E-state index in [1.54, 1.807) is 55.5 Å². The highest BCUT2D eigenvalue weighted by atomic mass is 127. The number of halogens is 1. The molecule has 14 nitrogen and oxygen atoms in total. The highest BCUT2D eigenvalue weighted by Gasteiger charge is 2.14. The molecule has 16 heteroatoms. The Bertz CT molecular complexity index is 2530. The number of hydrogen-bond donors (Lipinski definition) is 4. The molecule has 0 aliphatic heterocycles. The maximum atomic E-state index is 10.7. The number of phenolic OH excluding ortho intramolecular Hbond substituents is 2. The van der Waals surface area contributed by atoms with Crippen molar-refractivity contribution in [1.82, 2.24) is 0 Å². The summed E-state index contributed by atoms with van der Waals surface area (Å²) in [6.07, 6.45) is 0. The van der Waals surface area contributed by atoms with Crippen molar-refractivity contribution in [3.05, 3.63) is 190 Å². The Morgan fingerprint density at radius 1 is 0.613 bits per heavy atom. The first-order valence-corrected chi connectivity index (χ1v) is 20.1. The third-order valence-electron chi connectivity index (χ3n) is 9.30. The first-order valence-electron chi connectivity index (χ1n) is 19.1. The Labute approximate surface area is 373 Å². The van der Waals surface area contributed by atoms with Gasteiger partial charge in [0.2, 0.25) is 0 Å². The molecule has 0 unspecified atom stereocenters. The highest BCUT2D eigenvalue weighted by Crippen LogP contribution is 2.31. The Hall–Kier alpha value is -6.63. The fourth-order valence-electron chi connectivity index (χ4n) is 5.58. The van der Waals surface area contributed by atoms with Gasteiger partial charge >= 0.3 is 7.12 Å². The molecule has 0 atom stereocenters. The molecule has 320 valence electrons. The Kier molecular flexibility index (Phi) is 17.7. The van der Waals surface area contributed by atoms with Crippen LogP contribution in [0.1, 0.15) is 58.4 Å². The number of non-ortho nitro benzene ring substituents is 2. The van der Waals surface area contributed by atoms with Crippen molar-refractivity contribution < 1.29 is 39.8 Å². The molecule has 6 aromatic rings. The molecule has 4 N–H and O–H groups in total. The largest absolute Gasteiger partial charge is 0.508 e. The summed E-state index contributed by atoms with van der Waals surface area (Å²) in [6.45, 7) is 11.7. The summed E-state index contributed by atoms with van der Waals surface area (Å²) in [5, 5.41) is 66.9. The summed E-state index contributed by atoms with van der Waals surface area (Å²) < 4.78 is 0.970. The predicted molar refractivity (Wildman–Crippen MR) is 250 cm³/mol. The van der Waals surface area contributed by atoms with Crippen molar-refractivity contribution in [1.29, 1.82) is 0 Å². The number of nitro benzene ring substituents is 2. The number of phenols is 2. The van der Waals surface area contributed by atoms with Crippen LogP contribution in [0.3, 0.4) is 0 Å². The molecule has 0 aliphatic rings. The molecule has 0 bridgehead atoms. The lowest BCUT2D eigenvalue weighted by Gasteiger charge is -2.13. The summed E-state index contributed by atoms with van der Waals surface area (Å²) in [4.78, 5) is 31.2. The average Bonchev–Trinajstić information content (AvgIpc) is 3.24. The number of nitro groups is 2. The number of rotatable bonds is 12. The van der Waals surface area contributed by atoms with Crippen LogP contribution in [0, 0.1) is 51.5 Å². The van der Waals surface area contributed by atoms with Gasteiger partial charge in [0.15, 0.2) is 0 Å². The van der Waals surface area contributed by atoms with Crippen molar-refractivity contribution in [2.75, 3.05) is 0 Å². The summed E-state index contributed by atoms with van der Waals surface area (Å²) >= 11 is 2.18. The van der Waals surface area contributed by atoms with Crippen LogP contribution in [0.15, 0.2) is 132 Å². The van der Waals surface area contributed by atoms with Crippen LogP contribution in [0.4, 0.5) is 11.4 Å². The van der Waals surface area contributed by atoms with E-state index in [1.165, 1.54) is 29.8 Å². The minimum Gasteiger partial charge on any atom is -0.508 e. The molecular formula is C46H46BIN4O10. The standard InChI is InChI=1S/C23H22N2O4.C16H15IN2O4.C7H9BO2/c1-15-4-8-19(9-5-15)22-12-16(2)23(26)13-21(22)17(3)24-29-14-18-6-10-20(11-7-18)25(27)28;1-10-7-15(17)14(8-16(10)20)11(2)18-23-9-12-3-5-13(6-4-12)19(21)22;1-6-2-4-7(5-3-6)8(9)10/h4-13,26H,14H2,1-3H3;3-8,20H,9H2,1-2H3;2-5,9-10H,1H3/b24-17+;18-11+;. The summed E-state index contributed by atoms with van der Waals surface area (Å²) in [7, 11) is -1.35. The predicted octanol–water partition coefficient (Wildman–Crippen LogP) is 9.35. The zero-order valence-electron chi connectivity index (χ0n) is 34.9. The SMILES string of the molecule is C/C(=N\OCc1ccc([N+](=O)[O-])cc1)c1cc(O)c(C)cc1-c1ccc(C)cc1.C/C(=N\OCc1ccc([N+](=O)[O-])cc1)c1cc(O)c(C)cc1I.Cc1ccc(B(O)O)cc1. The Balaban J connectivity index is 0.000000227. The molecule has 0 amide bonds. The van der Waals surface area contributed by atoms with E-state index >= 15 is 0 Å². The van der Waals surface area contributed by atoms with Gasteiger partial charge in [-0.3, -0.25) is 20.2 Å². The topological polar surface area (TPSA) is 210 Å². The van der Waals surface area contributed by atoms with Crippen LogP contribution in [0.5, 0.6) is 11.5 Å². The molecule has 0 saturated carbocycles. The van der Waals surface area contributed by atoms with Gasteiger partial charge in [0.25, 0.3) is 11.4 Å². The quantitative estimate of drug-likeness (QED) is 0.0300. The van der Waals surface area contributed by atoms with Crippen molar-refractivity contribution in [3.63, 3.8) is 0 Å². The first-order chi connectivity index (χ1) is 29.4.